The molecule has 2 amide bonds. The lowest BCUT2D eigenvalue weighted by molar-refractivity contribution is -0.134. The highest BCUT2D eigenvalue weighted by Gasteiger charge is 2.24. The number of piperazine rings is 1. The zero-order valence-corrected chi connectivity index (χ0v) is 18.9. The van der Waals surface area contributed by atoms with Crippen LogP contribution in [0.15, 0.2) is 42.5 Å². The molecule has 0 spiro atoms. The van der Waals surface area contributed by atoms with Crippen molar-refractivity contribution in [3.63, 3.8) is 0 Å². The van der Waals surface area contributed by atoms with Crippen LogP contribution in [0.2, 0.25) is 5.02 Å². The number of nitrogens with zero attached hydrogens (tertiary/aromatic N) is 2. The molecule has 3 rings (SSSR count). The second-order valence-electron chi connectivity index (χ2n) is 8.36. The molecule has 2 aromatic carbocycles. The van der Waals surface area contributed by atoms with Crippen LogP contribution in [-0.2, 0) is 4.79 Å². The fourth-order valence-electron chi connectivity index (χ4n) is 3.60. The monoisotopic (exact) mass is 427 g/mol. The quantitative estimate of drug-likeness (QED) is 0.728. The fourth-order valence-corrected chi connectivity index (χ4v) is 3.90. The molecule has 0 radical (unpaired) electrons. The van der Waals surface area contributed by atoms with E-state index in [4.69, 9.17) is 11.6 Å². The number of hydrogen-bond acceptors (Lipinski definition) is 3. The van der Waals surface area contributed by atoms with Crippen LogP contribution >= 0.6 is 11.6 Å². The molecule has 1 N–H and O–H groups in total. The van der Waals surface area contributed by atoms with Gasteiger partial charge in [-0.25, -0.2) is 0 Å². The highest BCUT2D eigenvalue weighted by atomic mass is 35.5. The van der Waals surface area contributed by atoms with Crippen molar-refractivity contribution in [2.75, 3.05) is 36.4 Å². The Balaban J connectivity index is 1.63. The van der Waals surface area contributed by atoms with Gasteiger partial charge >= 0.3 is 0 Å². The normalized spacial score (nSPS) is 14.4. The Hall–Kier alpha value is -2.53. The van der Waals surface area contributed by atoms with Crippen LogP contribution in [-0.4, -0.2) is 42.9 Å². The molecule has 1 aliphatic rings. The summed E-state index contributed by atoms with van der Waals surface area (Å²) in [6.07, 6.45) is 0. The van der Waals surface area contributed by atoms with E-state index in [1.165, 1.54) is 5.56 Å². The summed E-state index contributed by atoms with van der Waals surface area (Å²) in [6.45, 7) is 11.0. The molecule has 0 saturated carbocycles. The third kappa shape index (κ3) is 5.14. The molecule has 0 unspecified atom stereocenters. The first-order valence-corrected chi connectivity index (χ1v) is 10.9. The smallest absolute Gasteiger partial charge is 0.255 e. The van der Waals surface area contributed by atoms with Gasteiger partial charge in [0.25, 0.3) is 5.91 Å². The predicted octanol–water partition coefficient (Wildman–Crippen LogP) is 5.02. The van der Waals surface area contributed by atoms with Crippen LogP contribution in [0.4, 0.5) is 11.4 Å². The summed E-state index contributed by atoms with van der Waals surface area (Å²) < 4.78 is 0. The molecule has 160 valence electrons. The minimum atomic E-state index is -0.157. The van der Waals surface area contributed by atoms with Gasteiger partial charge in [0.2, 0.25) is 5.91 Å². The number of halogens is 1. The topological polar surface area (TPSA) is 52.7 Å². The van der Waals surface area contributed by atoms with Gasteiger partial charge in [0.1, 0.15) is 0 Å². The van der Waals surface area contributed by atoms with Crippen molar-refractivity contribution in [2.45, 2.75) is 33.6 Å². The van der Waals surface area contributed by atoms with Crippen molar-refractivity contribution in [1.82, 2.24) is 4.90 Å². The maximum Gasteiger partial charge on any atom is 0.255 e. The van der Waals surface area contributed by atoms with Crippen molar-refractivity contribution < 1.29 is 9.59 Å². The van der Waals surface area contributed by atoms with Gasteiger partial charge in [-0.1, -0.05) is 51.4 Å². The molecular weight excluding hydrogens is 398 g/mol. The first-order valence-electron chi connectivity index (χ1n) is 10.5. The summed E-state index contributed by atoms with van der Waals surface area (Å²) in [7, 11) is 0. The number of hydrogen-bond donors (Lipinski definition) is 1. The largest absolute Gasteiger partial charge is 0.367 e. The third-order valence-electron chi connectivity index (χ3n) is 5.47. The Kier molecular flexibility index (Phi) is 7.03. The van der Waals surface area contributed by atoms with Crippen LogP contribution in [0.25, 0.3) is 0 Å². The van der Waals surface area contributed by atoms with Gasteiger partial charge in [0, 0.05) is 43.3 Å². The maximum absolute atomic E-state index is 12.5. The van der Waals surface area contributed by atoms with Crippen molar-refractivity contribution >= 4 is 34.8 Å². The van der Waals surface area contributed by atoms with E-state index in [-0.39, 0.29) is 17.7 Å². The van der Waals surface area contributed by atoms with Crippen molar-refractivity contribution in [3.05, 3.63) is 58.6 Å². The average Bonchev–Trinajstić information content (AvgIpc) is 2.73. The minimum Gasteiger partial charge on any atom is -0.367 e. The third-order valence-corrected chi connectivity index (χ3v) is 5.77. The predicted molar refractivity (Wildman–Crippen MR) is 124 cm³/mol. The maximum atomic E-state index is 12.5. The molecule has 1 aliphatic heterocycles. The highest BCUT2D eigenvalue weighted by Crippen LogP contribution is 2.30. The zero-order valence-electron chi connectivity index (χ0n) is 18.1. The molecule has 0 aromatic heterocycles. The lowest BCUT2D eigenvalue weighted by atomic mass is 10.0. The van der Waals surface area contributed by atoms with Gasteiger partial charge in [0.05, 0.1) is 10.7 Å². The van der Waals surface area contributed by atoms with E-state index < -0.39 is 0 Å². The Morgan fingerprint density at radius 3 is 2.10 bits per heavy atom. The fraction of sp³-hybridized carbons (Fsp3) is 0.417. The summed E-state index contributed by atoms with van der Waals surface area (Å²) >= 11 is 6.52. The van der Waals surface area contributed by atoms with Crippen LogP contribution in [0.1, 0.15) is 49.5 Å². The Morgan fingerprint density at radius 2 is 1.57 bits per heavy atom. The first kappa shape index (κ1) is 22.2. The summed E-state index contributed by atoms with van der Waals surface area (Å²) in [5, 5.41) is 3.51. The molecule has 2 aromatic rings. The molecule has 0 aliphatic carbocycles. The molecule has 1 fully saturated rings. The van der Waals surface area contributed by atoms with Crippen LogP contribution < -0.4 is 10.2 Å². The Labute approximate surface area is 184 Å². The van der Waals surface area contributed by atoms with E-state index >= 15 is 0 Å². The van der Waals surface area contributed by atoms with Gasteiger partial charge in [-0.3, -0.25) is 9.59 Å². The molecule has 30 heavy (non-hydrogen) atoms. The molecule has 1 saturated heterocycles. The van der Waals surface area contributed by atoms with Crippen LogP contribution in [0.5, 0.6) is 0 Å². The van der Waals surface area contributed by atoms with Crippen molar-refractivity contribution in [1.29, 1.82) is 0 Å². The molecule has 6 heteroatoms. The summed E-state index contributed by atoms with van der Waals surface area (Å²) in [4.78, 5) is 28.8. The summed E-state index contributed by atoms with van der Waals surface area (Å²) in [5.41, 5.74) is 3.41. The molecule has 0 bridgehead atoms. The molecule has 0 atom stereocenters. The van der Waals surface area contributed by atoms with Gasteiger partial charge in [0.15, 0.2) is 0 Å². The summed E-state index contributed by atoms with van der Waals surface area (Å²) in [6, 6.07) is 13.2. The number of rotatable bonds is 5. The number of nitrogens with one attached hydrogen (secondary N) is 1. The molecular formula is C24H30ClN3O2. The van der Waals surface area contributed by atoms with Gasteiger partial charge < -0.3 is 15.1 Å². The second kappa shape index (κ2) is 9.52. The highest BCUT2D eigenvalue weighted by molar-refractivity contribution is 6.33. The van der Waals surface area contributed by atoms with Gasteiger partial charge in [-0.05, 0) is 41.8 Å². The first-order chi connectivity index (χ1) is 14.3. The minimum absolute atomic E-state index is 0.0182. The van der Waals surface area contributed by atoms with Crippen molar-refractivity contribution in [2.24, 2.45) is 5.92 Å². The lowest BCUT2D eigenvalue weighted by Crippen LogP contribution is -2.50. The van der Waals surface area contributed by atoms with Crippen LogP contribution in [0.3, 0.4) is 0 Å². The van der Waals surface area contributed by atoms with E-state index in [0.29, 0.717) is 35.3 Å². The van der Waals surface area contributed by atoms with E-state index in [1.807, 2.05) is 55.1 Å². The van der Waals surface area contributed by atoms with E-state index in [0.717, 1.165) is 18.8 Å². The Bertz CT molecular complexity index is 901. The molecule has 1 heterocycles. The summed E-state index contributed by atoms with van der Waals surface area (Å²) in [5.74, 6) is 0.485. The zero-order chi connectivity index (χ0) is 21.8. The van der Waals surface area contributed by atoms with E-state index in [2.05, 4.69) is 24.1 Å². The van der Waals surface area contributed by atoms with Crippen LogP contribution in [0, 0.1) is 5.92 Å². The number of amides is 2. The number of benzene rings is 2. The van der Waals surface area contributed by atoms with E-state index in [1.54, 1.807) is 6.07 Å². The standard InChI is InChI=1S/C24H30ClN3O2/c1-16(2)18-5-7-19(8-6-18)23(29)26-20-9-10-22(21(25)15-20)27-11-13-28(14-12-27)24(30)17(3)4/h5-10,15-17H,11-14H2,1-4H3,(H,26,29). The van der Waals surface area contributed by atoms with Gasteiger partial charge in [-0.2, -0.15) is 0 Å². The lowest BCUT2D eigenvalue weighted by Gasteiger charge is -2.37. The SMILES string of the molecule is CC(C)C(=O)N1CCN(c2ccc(NC(=O)c3ccc(C(C)C)cc3)cc2Cl)CC1. The average molecular weight is 428 g/mol. The number of carbonyl (C=O) groups excluding carboxylic acids is 2. The van der Waals surface area contributed by atoms with Crippen molar-refractivity contribution in [3.8, 4) is 0 Å². The van der Waals surface area contributed by atoms with Gasteiger partial charge in [-0.15, -0.1) is 0 Å². The molecule has 5 nitrogen and oxygen atoms in total. The number of carbonyl (C=O) groups is 2. The Morgan fingerprint density at radius 1 is 0.933 bits per heavy atom. The van der Waals surface area contributed by atoms with E-state index in [9.17, 15) is 9.59 Å². The second-order valence-corrected chi connectivity index (χ2v) is 8.77. The number of anilines is 2.